The Balaban J connectivity index is 1.51. The van der Waals surface area contributed by atoms with E-state index in [1.807, 2.05) is 50.2 Å². The van der Waals surface area contributed by atoms with Gasteiger partial charge in [0.15, 0.2) is 0 Å². The Morgan fingerprint density at radius 2 is 1.77 bits per heavy atom. The number of carbonyl (C=O) groups is 1. The number of carbonyl (C=O) groups excluding carboxylic acids is 1. The van der Waals surface area contributed by atoms with Gasteiger partial charge in [0.25, 0.3) is 5.91 Å². The molecule has 6 heteroatoms. The average molecular weight is 414 g/mol. The van der Waals surface area contributed by atoms with E-state index < -0.39 is 0 Å². The Morgan fingerprint density at radius 3 is 2.55 bits per heavy atom. The summed E-state index contributed by atoms with van der Waals surface area (Å²) in [5.74, 6) is 0.778. The molecule has 0 saturated heterocycles. The van der Waals surface area contributed by atoms with Crippen LogP contribution in [0.4, 0.5) is 0 Å². The molecule has 0 saturated carbocycles. The predicted molar refractivity (Wildman–Crippen MR) is 120 cm³/mol. The quantitative estimate of drug-likeness (QED) is 0.310. The van der Waals surface area contributed by atoms with E-state index in [0.29, 0.717) is 17.7 Å². The van der Waals surface area contributed by atoms with Gasteiger partial charge in [-0.15, -0.1) is 0 Å². The lowest BCUT2D eigenvalue weighted by Gasteiger charge is -2.09. The third-order valence-electron chi connectivity index (χ3n) is 4.95. The largest absolute Gasteiger partial charge is 0.508 e. The molecule has 31 heavy (non-hydrogen) atoms. The van der Waals surface area contributed by atoms with Crippen molar-refractivity contribution in [1.29, 1.82) is 0 Å². The van der Waals surface area contributed by atoms with E-state index in [2.05, 4.69) is 10.5 Å². The van der Waals surface area contributed by atoms with E-state index >= 15 is 0 Å². The molecule has 1 aromatic heterocycles. The van der Waals surface area contributed by atoms with Gasteiger partial charge in [0.1, 0.15) is 22.8 Å². The van der Waals surface area contributed by atoms with Crippen LogP contribution in [-0.4, -0.2) is 21.8 Å². The van der Waals surface area contributed by atoms with Crippen molar-refractivity contribution in [2.24, 2.45) is 5.10 Å². The van der Waals surface area contributed by atoms with E-state index in [1.54, 1.807) is 6.07 Å². The SMILES string of the molecule is CC(Cc1ccc(O)c(-c2ccc3oc(C)cc3c2)c1)=NNC(=O)c1ccc(O)cc1. The molecule has 1 heterocycles. The monoisotopic (exact) mass is 414 g/mol. The van der Waals surface area contributed by atoms with Crippen molar-refractivity contribution in [2.75, 3.05) is 0 Å². The zero-order chi connectivity index (χ0) is 22.0. The molecule has 0 aliphatic carbocycles. The Morgan fingerprint density at radius 1 is 1.00 bits per heavy atom. The van der Waals surface area contributed by atoms with Crippen LogP contribution in [0.3, 0.4) is 0 Å². The van der Waals surface area contributed by atoms with Gasteiger partial charge >= 0.3 is 0 Å². The van der Waals surface area contributed by atoms with Crippen LogP contribution in [-0.2, 0) is 6.42 Å². The number of aryl methyl sites for hydroxylation is 1. The lowest BCUT2D eigenvalue weighted by atomic mass is 9.99. The van der Waals surface area contributed by atoms with E-state index in [9.17, 15) is 15.0 Å². The van der Waals surface area contributed by atoms with Crippen molar-refractivity contribution >= 4 is 22.6 Å². The zero-order valence-corrected chi connectivity index (χ0v) is 17.2. The third kappa shape index (κ3) is 4.59. The van der Waals surface area contributed by atoms with Gasteiger partial charge in [0.2, 0.25) is 0 Å². The summed E-state index contributed by atoms with van der Waals surface area (Å²) in [4.78, 5) is 12.2. The summed E-state index contributed by atoms with van der Waals surface area (Å²) in [5.41, 5.74) is 7.02. The van der Waals surface area contributed by atoms with Crippen LogP contribution in [0.15, 0.2) is 76.2 Å². The van der Waals surface area contributed by atoms with E-state index in [0.717, 1.165) is 33.4 Å². The molecule has 156 valence electrons. The first kappa shape index (κ1) is 20.2. The minimum Gasteiger partial charge on any atom is -0.508 e. The van der Waals surface area contributed by atoms with Gasteiger partial charge in [-0.2, -0.15) is 5.10 Å². The number of amides is 1. The maximum atomic E-state index is 12.2. The average Bonchev–Trinajstić information content (AvgIpc) is 3.13. The number of nitrogens with zero attached hydrogens (tertiary/aromatic N) is 1. The molecule has 0 bridgehead atoms. The fourth-order valence-electron chi connectivity index (χ4n) is 3.43. The molecule has 1 amide bonds. The Labute approximate surface area is 179 Å². The summed E-state index contributed by atoms with van der Waals surface area (Å²) >= 11 is 0. The second-order valence-corrected chi connectivity index (χ2v) is 7.47. The Hall–Kier alpha value is -4.06. The number of nitrogens with one attached hydrogen (secondary N) is 1. The molecule has 0 fully saturated rings. The number of phenols is 2. The summed E-state index contributed by atoms with van der Waals surface area (Å²) < 4.78 is 5.62. The fraction of sp³-hybridized carbons (Fsp3) is 0.120. The lowest BCUT2D eigenvalue weighted by Crippen LogP contribution is -2.19. The molecule has 3 N–H and O–H groups in total. The first-order chi connectivity index (χ1) is 14.9. The molecule has 0 radical (unpaired) electrons. The molecule has 0 aliphatic heterocycles. The van der Waals surface area contributed by atoms with Crippen LogP contribution in [0, 0.1) is 6.92 Å². The molecule has 6 nitrogen and oxygen atoms in total. The predicted octanol–water partition coefficient (Wildman–Crippen LogP) is 5.17. The molecular formula is C25H22N2O4. The molecule has 0 aliphatic rings. The van der Waals surface area contributed by atoms with Gasteiger partial charge in [-0.3, -0.25) is 4.79 Å². The highest BCUT2D eigenvalue weighted by atomic mass is 16.3. The number of furan rings is 1. The van der Waals surface area contributed by atoms with Crippen LogP contribution in [0.2, 0.25) is 0 Å². The first-order valence-corrected chi connectivity index (χ1v) is 9.84. The third-order valence-corrected chi connectivity index (χ3v) is 4.95. The number of phenolic OH excluding ortho intramolecular Hbond substituents is 2. The number of hydrogen-bond acceptors (Lipinski definition) is 5. The van der Waals surface area contributed by atoms with Gasteiger partial charge in [-0.1, -0.05) is 12.1 Å². The van der Waals surface area contributed by atoms with Gasteiger partial charge in [0.05, 0.1) is 0 Å². The topological polar surface area (TPSA) is 95.1 Å². The van der Waals surface area contributed by atoms with Gasteiger partial charge < -0.3 is 14.6 Å². The minimum atomic E-state index is -0.352. The lowest BCUT2D eigenvalue weighted by molar-refractivity contribution is 0.0954. The Kier molecular flexibility index (Phi) is 5.45. The number of hydrazone groups is 1. The number of aromatic hydroxyl groups is 2. The van der Waals surface area contributed by atoms with E-state index in [1.165, 1.54) is 24.3 Å². The molecule has 3 aromatic carbocycles. The molecule has 0 unspecified atom stereocenters. The number of benzene rings is 3. The summed E-state index contributed by atoms with van der Waals surface area (Å²) in [6.07, 6.45) is 0.510. The van der Waals surface area contributed by atoms with Crippen LogP contribution in [0.5, 0.6) is 11.5 Å². The smallest absolute Gasteiger partial charge is 0.271 e. The van der Waals surface area contributed by atoms with Crippen molar-refractivity contribution < 1.29 is 19.4 Å². The second kappa shape index (κ2) is 8.36. The summed E-state index contributed by atoms with van der Waals surface area (Å²) in [6, 6.07) is 19.1. The van der Waals surface area contributed by atoms with Crippen LogP contribution >= 0.6 is 0 Å². The van der Waals surface area contributed by atoms with Crippen LogP contribution < -0.4 is 5.43 Å². The number of hydrogen-bond donors (Lipinski definition) is 3. The fourth-order valence-corrected chi connectivity index (χ4v) is 3.43. The molecule has 0 spiro atoms. The van der Waals surface area contributed by atoms with Crippen molar-refractivity contribution in [3.05, 3.63) is 83.6 Å². The molecular weight excluding hydrogens is 392 g/mol. The highest BCUT2D eigenvalue weighted by molar-refractivity contribution is 5.95. The summed E-state index contributed by atoms with van der Waals surface area (Å²) in [5, 5.41) is 24.9. The maximum Gasteiger partial charge on any atom is 0.271 e. The van der Waals surface area contributed by atoms with E-state index in [4.69, 9.17) is 4.42 Å². The van der Waals surface area contributed by atoms with Gasteiger partial charge in [-0.25, -0.2) is 5.43 Å². The molecule has 4 aromatic rings. The number of fused-ring (bicyclic) bond motifs is 1. The van der Waals surface area contributed by atoms with Crippen molar-refractivity contribution in [3.8, 4) is 22.6 Å². The minimum absolute atomic E-state index is 0.0985. The summed E-state index contributed by atoms with van der Waals surface area (Å²) in [6.45, 7) is 3.73. The van der Waals surface area contributed by atoms with Gasteiger partial charge in [-0.05, 0) is 79.6 Å². The van der Waals surface area contributed by atoms with E-state index in [-0.39, 0.29) is 17.4 Å². The normalized spacial score (nSPS) is 11.6. The molecule has 0 atom stereocenters. The maximum absolute atomic E-state index is 12.2. The number of rotatable bonds is 5. The highest BCUT2D eigenvalue weighted by Crippen LogP contribution is 2.33. The van der Waals surface area contributed by atoms with Crippen LogP contribution in [0.25, 0.3) is 22.1 Å². The van der Waals surface area contributed by atoms with Gasteiger partial charge in [0, 0.05) is 28.6 Å². The van der Waals surface area contributed by atoms with Crippen molar-refractivity contribution in [1.82, 2.24) is 5.43 Å². The highest BCUT2D eigenvalue weighted by Gasteiger charge is 2.10. The van der Waals surface area contributed by atoms with Crippen molar-refractivity contribution in [2.45, 2.75) is 20.3 Å². The zero-order valence-electron chi connectivity index (χ0n) is 17.2. The standard InChI is InChI=1S/C25H22N2O4/c1-15(26-27-25(30)18-4-7-21(28)8-5-18)11-17-3-9-23(29)22(13-17)19-6-10-24-20(14-19)12-16(2)31-24/h3-10,12-14,28-29H,11H2,1-2H3,(H,27,30). The first-order valence-electron chi connectivity index (χ1n) is 9.84. The van der Waals surface area contributed by atoms with Crippen molar-refractivity contribution in [3.63, 3.8) is 0 Å². The second-order valence-electron chi connectivity index (χ2n) is 7.47. The molecule has 4 rings (SSSR count). The Bertz CT molecular complexity index is 1290. The van der Waals surface area contributed by atoms with Crippen LogP contribution in [0.1, 0.15) is 28.6 Å². The summed E-state index contributed by atoms with van der Waals surface area (Å²) in [7, 11) is 0.